The Kier molecular flexibility index (Phi) is 7.37. The number of allylic oxidation sites excluding steroid dienone is 1. The van der Waals surface area contributed by atoms with Gasteiger partial charge in [0.1, 0.15) is 0 Å². The predicted molar refractivity (Wildman–Crippen MR) is 52.4 cm³/mol. The van der Waals surface area contributed by atoms with Crippen LogP contribution >= 0.6 is 0 Å². The van der Waals surface area contributed by atoms with Crippen LogP contribution in [0.4, 0.5) is 0 Å². The Bertz CT molecular complexity index is 252. The Hall–Kier alpha value is -1.41. The summed E-state index contributed by atoms with van der Waals surface area (Å²) in [5, 5.41) is 0. The molecule has 0 spiro atoms. The van der Waals surface area contributed by atoms with E-state index in [1.165, 1.54) is 19.3 Å². The van der Waals surface area contributed by atoms with E-state index in [0.29, 0.717) is 12.1 Å². The maximum absolute atomic E-state index is 10.8. The molecule has 4 heteroatoms. The number of rotatable bonds is 6. The maximum Gasteiger partial charge on any atom is 0.332 e. The van der Waals surface area contributed by atoms with Crippen LogP contribution in [0.3, 0.4) is 0 Å². The van der Waals surface area contributed by atoms with Crippen LogP contribution in [0.25, 0.3) is 0 Å². The molecule has 0 radical (unpaired) electrons. The number of esters is 1. The van der Waals surface area contributed by atoms with Gasteiger partial charge in [-0.2, -0.15) is 4.99 Å². The van der Waals surface area contributed by atoms with Crippen molar-refractivity contribution in [3.8, 4) is 0 Å². The summed E-state index contributed by atoms with van der Waals surface area (Å²) in [6.45, 7) is 2.08. The van der Waals surface area contributed by atoms with E-state index in [-0.39, 0.29) is 0 Å². The van der Waals surface area contributed by atoms with Gasteiger partial charge >= 0.3 is 5.97 Å². The van der Waals surface area contributed by atoms with Gasteiger partial charge in [0.2, 0.25) is 6.08 Å². The fourth-order valence-electron chi connectivity index (χ4n) is 0.970. The minimum atomic E-state index is -0.490. The zero-order valence-electron chi connectivity index (χ0n) is 8.58. The van der Waals surface area contributed by atoms with E-state index in [2.05, 4.69) is 16.7 Å². The van der Waals surface area contributed by atoms with Crippen LogP contribution in [0.15, 0.2) is 16.8 Å². The van der Waals surface area contributed by atoms with Crippen molar-refractivity contribution in [1.82, 2.24) is 0 Å². The Morgan fingerprint density at radius 2 is 2.21 bits per heavy atom. The van der Waals surface area contributed by atoms with E-state index >= 15 is 0 Å². The third-order valence-corrected chi connectivity index (χ3v) is 1.71. The topological polar surface area (TPSA) is 55.7 Å². The van der Waals surface area contributed by atoms with Gasteiger partial charge in [0.15, 0.2) is 0 Å². The third kappa shape index (κ3) is 6.14. The number of aliphatic imine (C=N–C) groups is 1. The number of carbonyl (C=O) groups is 1. The number of hydrogen-bond acceptors (Lipinski definition) is 4. The van der Waals surface area contributed by atoms with Crippen molar-refractivity contribution in [2.45, 2.75) is 32.6 Å². The van der Waals surface area contributed by atoms with Crippen molar-refractivity contribution >= 4 is 12.0 Å². The summed E-state index contributed by atoms with van der Waals surface area (Å²) in [5.74, 6) is -0.490. The Balaban J connectivity index is 4.21. The summed E-state index contributed by atoms with van der Waals surface area (Å²) >= 11 is 0. The molecule has 0 aliphatic rings. The van der Waals surface area contributed by atoms with Crippen molar-refractivity contribution in [3.05, 3.63) is 11.8 Å². The number of unbranched alkanes of at least 4 members (excludes halogenated alkanes) is 2. The highest BCUT2D eigenvalue weighted by molar-refractivity contribution is 5.82. The van der Waals surface area contributed by atoms with Gasteiger partial charge in [-0.1, -0.05) is 19.8 Å². The molecule has 0 fully saturated rings. The summed E-state index contributed by atoms with van der Waals surface area (Å²) in [6, 6.07) is 0. The van der Waals surface area contributed by atoms with Crippen LogP contribution in [0, 0.1) is 0 Å². The molecule has 78 valence electrons. The first-order chi connectivity index (χ1) is 6.74. The first kappa shape index (κ1) is 12.6. The minimum Gasteiger partial charge on any atom is -0.466 e. The average Bonchev–Trinajstić information content (AvgIpc) is 2.18. The van der Waals surface area contributed by atoms with Crippen molar-refractivity contribution in [2.75, 3.05) is 7.11 Å². The fourth-order valence-corrected chi connectivity index (χ4v) is 0.970. The zero-order valence-corrected chi connectivity index (χ0v) is 8.58. The smallest absolute Gasteiger partial charge is 0.332 e. The summed E-state index contributed by atoms with van der Waals surface area (Å²) in [7, 11) is 1.28. The molecule has 0 aliphatic heterocycles. The van der Waals surface area contributed by atoms with Gasteiger partial charge in [-0.25, -0.2) is 9.59 Å². The maximum atomic E-state index is 10.8. The molecule has 14 heavy (non-hydrogen) atoms. The number of nitrogens with zero attached hydrogens (tertiary/aromatic N) is 1. The monoisotopic (exact) mass is 197 g/mol. The standard InChI is InChI=1S/C10H15NO3/c1-3-4-5-6-9(11-8-12)7-10(13)14-2/h7H,3-6H2,1-2H3/b9-7-. The number of methoxy groups -OCH3 is 1. The lowest BCUT2D eigenvalue weighted by molar-refractivity contribution is -0.134. The van der Waals surface area contributed by atoms with Crippen molar-refractivity contribution < 1.29 is 14.3 Å². The summed E-state index contributed by atoms with van der Waals surface area (Å²) in [5.41, 5.74) is 0.431. The molecule has 0 heterocycles. The first-order valence-corrected chi connectivity index (χ1v) is 4.61. The predicted octanol–water partition coefficient (Wildman–Crippen LogP) is 1.96. The highest BCUT2D eigenvalue weighted by Crippen LogP contribution is 2.09. The largest absolute Gasteiger partial charge is 0.466 e. The summed E-state index contributed by atoms with van der Waals surface area (Å²) in [4.78, 5) is 24.3. The van der Waals surface area contributed by atoms with Crippen LogP contribution in [0.5, 0.6) is 0 Å². The molecule has 0 saturated heterocycles. The molecule has 0 saturated carbocycles. The average molecular weight is 197 g/mol. The van der Waals surface area contributed by atoms with Gasteiger partial charge in [0.25, 0.3) is 0 Å². The molecule has 0 aliphatic carbocycles. The lowest BCUT2D eigenvalue weighted by Crippen LogP contribution is -1.96. The molecule has 4 nitrogen and oxygen atoms in total. The normalized spacial score (nSPS) is 10.6. The quantitative estimate of drug-likeness (QED) is 0.215. The van der Waals surface area contributed by atoms with Crippen LogP contribution in [0.2, 0.25) is 0 Å². The van der Waals surface area contributed by atoms with E-state index in [9.17, 15) is 9.59 Å². The van der Waals surface area contributed by atoms with Crippen LogP contribution in [-0.2, 0) is 14.3 Å². The SMILES string of the molecule is CCCCC/C(=C/C(=O)OC)N=C=O. The van der Waals surface area contributed by atoms with Gasteiger partial charge in [-0.15, -0.1) is 0 Å². The Morgan fingerprint density at radius 3 is 2.71 bits per heavy atom. The number of carbonyl (C=O) groups excluding carboxylic acids is 2. The minimum absolute atomic E-state index is 0.431. The number of isocyanates is 1. The summed E-state index contributed by atoms with van der Waals surface area (Å²) < 4.78 is 4.43. The second-order valence-electron chi connectivity index (χ2n) is 2.82. The zero-order chi connectivity index (χ0) is 10.8. The molecule has 0 unspecified atom stereocenters. The number of ether oxygens (including phenoxy) is 1. The molecular formula is C10H15NO3. The molecule has 0 aromatic carbocycles. The van der Waals surface area contributed by atoms with E-state index in [0.717, 1.165) is 19.3 Å². The van der Waals surface area contributed by atoms with Gasteiger partial charge in [-0.05, 0) is 12.8 Å². The van der Waals surface area contributed by atoms with Gasteiger partial charge in [-0.3, -0.25) is 0 Å². The Labute approximate surface area is 83.7 Å². The molecule has 0 aromatic rings. The van der Waals surface area contributed by atoms with Gasteiger partial charge in [0, 0.05) is 6.08 Å². The molecule has 0 amide bonds. The molecule has 0 N–H and O–H groups in total. The van der Waals surface area contributed by atoms with E-state index < -0.39 is 5.97 Å². The highest BCUT2D eigenvalue weighted by Gasteiger charge is 2.00. The van der Waals surface area contributed by atoms with Crippen molar-refractivity contribution in [1.29, 1.82) is 0 Å². The molecular weight excluding hydrogens is 182 g/mol. The highest BCUT2D eigenvalue weighted by atomic mass is 16.5. The molecule has 0 rings (SSSR count). The van der Waals surface area contributed by atoms with Gasteiger partial charge < -0.3 is 4.74 Å². The molecule has 0 bridgehead atoms. The van der Waals surface area contributed by atoms with Crippen LogP contribution in [0.1, 0.15) is 32.6 Å². The lowest BCUT2D eigenvalue weighted by atomic mass is 10.1. The van der Waals surface area contributed by atoms with Crippen molar-refractivity contribution in [2.24, 2.45) is 4.99 Å². The fraction of sp³-hybridized carbons (Fsp3) is 0.600. The van der Waals surface area contributed by atoms with E-state index in [4.69, 9.17) is 0 Å². The van der Waals surface area contributed by atoms with Gasteiger partial charge in [0.05, 0.1) is 12.8 Å². The van der Waals surface area contributed by atoms with Crippen LogP contribution < -0.4 is 0 Å². The van der Waals surface area contributed by atoms with E-state index in [1.807, 2.05) is 0 Å². The van der Waals surface area contributed by atoms with Crippen molar-refractivity contribution in [3.63, 3.8) is 0 Å². The lowest BCUT2D eigenvalue weighted by Gasteiger charge is -1.98. The number of hydrogen-bond donors (Lipinski definition) is 0. The Morgan fingerprint density at radius 1 is 1.50 bits per heavy atom. The second-order valence-corrected chi connectivity index (χ2v) is 2.82. The first-order valence-electron chi connectivity index (χ1n) is 4.61. The summed E-state index contributed by atoms with van der Waals surface area (Å²) in [6.07, 6.45) is 6.29. The molecule has 0 atom stereocenters. The van der Waals surface area contributed by atoms with E-state index in [1.54, 1.807) is 0 Å². The third-order valence-electron chi connectivity index (χ3n) is 1.71. The molecule has 0 aromatic heterocycles. The van der Waals surface area contributed by atoms with Crippen LogP contribution in [-0.4, -0.2) is 19.2 Å². The second kappa shape index (κ2) is 8.20.